The van der Waals surface area contributed by atoms with E-state index in [0.29, 0.717) is 23.7 Å². The van der Waals surface area contributed by atoms with Gasteiger partial charge in [0.25, 0.3) is 5.91 Å². The van der Waals surface area contributed by atoms with E-state index in [9.17, 15) is 18.0 Å². The second-order valence-corrected chi connectivity index (χ2v) is 12.4. The van der Waals surface area contributed by atoms with E-state index in [1.807, 2.05) is 52.3 Å². The predicted molar refractivity (Wildman–Crippen MR) is 141 cm³/mol. The fraction of sp³-hybridized carbons (Fsp3) is 0.593. The van der Waals surface area contributed by atoms with E-state index in [-0.39, 0.29) is 29.4 Å². The Labute approximate surface area is 225 Å². The van der Waals surface area contributed by atoms with Gasteiger partial charge in [-0.3, -0.25) is 4.79 Å². The van der Waals surface area contributed by atoms with Crippen molar-refractivity contribution in [3.8, 4) is 5.75 Å². The van der Waals surface area contributed by atoms with Gasteiger partial charge in [0, 0.05) is 17.7 Å². The highest BCUT2D eigenvalue weighted by Gasteiger charge is 2.32. The van der Waals surface area contributed by atoms with E-state index >= 15 is 0 Å². The summed E-state index contributed by atoms with van der Waals surface area (Å²) in [5, 5.41) is 3.99. The van der Waals surface area contributed by atoms with E-state index in [0.717, 1.165) is 35.9 Å². The van der Waals surface area contributed by atoms with Crippen LogP contribution in [0.25, 0.3) is 0 Å². The second kappa shape index (κ2) is 11.6. The van der Waals surface area contributed by atoms with Gasteiger partial charge in [-0.15, -0.1) is 11.3 Å². The molecular weight excluding hydrogens is 519 g/mol. The summed E-state index contributed by atoms with van der Waals surface area (Å²) in [5.41, 5.74) is -1.49. The van der Waals surface area contributed by atoms with Crippen molar-refractivity contribution in [3.63, 3.8) is 0 Å². The Kier molecular flexibility index (Phi) is 9.13. The fourth-order valence-electron chi connectivity index (χ4n) is 3.52. The number of amides is 1. The van der Waals surface area contributed by atoms with E-state index in [4.69, 9.17) is 14.3 Å². The first-order valence-corrected chi connectivity index (χ1v) is 13.3. The van der Waals surface area contributed by atoms with Crippen molar-refractivity contribution in [2.45, 2.75) is 91.1 Å². The average molecular weight is 556 g/mol. The van der Waals surface area contributed by atoms with Crippen LogP contribution < -0.4 is 9.54 Å². The zero-order chi connectivity index (χ0) is 28.3. The summed E-state index contributed by atoms with van der Waals surface area (Å²) in [6.45, 7) is 14.4. The lowest BCUT2D eigenvalue weighted by atomic mass is 9.95. The van der Waals surface area contributed by atoms with Crippen molar-refractivity contribution < 1.29 is 32.3 Å². The Morgan fingerprint density at radius 3 is 2.47 bits per heavy atom. The van der Waals surface area contributed by atoms with E-state index in [1.165, 1.54) is 11.3 Å². The number of alkyl halides is 3. The summed E-state index contributed by atoms with van der Waals surface area (Å²) in [5.74, 6) is -0.842. The van der Waals surface area contributed by atoms with Crippen LogP contribution in [0, 0.1) is 0 Å². The number of aromatic nitrogens is 1. The molecule has 0 spiro atoms. The van der Waals surface area contributed by atoms with Gasteiger partial charge in [0.1, 0.15) is 18.0 Å². The molecule has 0 bridgehead atoms. The molecule has 210 valence electrons. The highest BCUT2D eigenvalue weighted by atomic mass is 32.1. The molecule has 3 rings (SSSR count). The van der Waals surface area contributed by atoms with Crippen LogP contribution in [0.3, 0.4) is 0 Å². The first kappa shape index (κ1) is 29.9. The number of nitrogens with zero attached hydrogens (tertiary/aromatic N) is 3. The normalized spacial score (nSPS) is 17.7. The molecule has 38 heavy (non-hydrogen) atoms. The summed E-state index contributed by atoms with van der Waals surface area (Å²) in [6, 6.07) is 2.80. The third-order valence-electron chi connectivity index (χ3n) is 5.53. The average Bonchev–Trinajstić information content (AvgIpc) is 3.45. The van der Waals surface area contributed by atoms with E-state index in [1.54, 1.807) is 6.92 Å². The summed E-state index contributed by atoms with van der Waals surface area (Å²) >= 11 is 1.34. The predicted octanol–water partition coefficient (Wildman–Crippen LogP) is 6.36. The number of hydrogen-bond acceptors (Lipinski definition) is 6. The Hall–Kier alpha value is -2.66. The van der Waals surface area contributed by atoms with Crippen LogP contribution in [0.4, 0.5) is 13.2 Å². The summed E-state index contributed by atoms with van der Waals surface area (Å²) in [7, 11) is 0. The molecule has 1 aliphatic rings. The van der Waals surface area contributed by atoms with Gasteiger partial charge in [0.2, 0.25) is 0 Å². The molecule has 1 aliphatic heterocycles. The SMILES string of the molecule is CC(COc1ccc(C(F)(F)F)cc1C(=O)/N=c1\sc(C(C)(C)C)cn1C[C@H]1CCCO1)=NOC(C)(C)C. The van der Waals surface area contributed by atoms with Crippen LogP contribution in [-0.4, -0.2) is 41.1 Å². The lowest BCUT2D eigenvalue weighted by Crippen LogP contribution is -2.24. The standard InChI is InChI=1S/C27H36F3N3O4S/c1-17(32-37-26(5,6)7)16-36-21-11-10-18(27(28,29)30)13-20(21)23(34)31-24-33(14-19-9-8-12-35-19)15-22(38-24)25(2,3)4/h10-11,13,15,19H,8-9,12,14,16H2,1-7H3/b31-24-,32-17?/t19-/m1/s1. The number of hydrogen-bond donors (Lipinski definition) is 0. The van der Waals surface area contributed by atoms with Gasteiger partial charge in [-0.2, -0.15) is 18.2 Å². The van der Waals surface area contributed by atoms with Crippen molar-refractivity contribution in [2.24, 2.45) is 10.1 Å². The topological polar surface area (TPSA) is 74.4 Å². The molecule has 1 aromatic heterocycles. The highest BCUT2D eigenvalue weighted by molar-refractivity contribution is 7.09. The third-order valence-corrected chi connectivity index (χ3v) is 6.98. The molecule has 2 aromatic rings. The molecule has 0 aliphatic carbocycles. The Morgan fingerprint density at radius 1 is 1.18 bits per heavy atom. The number of benzene rings is 1. The van der Waals surface area contributed by atoms with Gasteiger partial charge in [-0.05, 0) is 64.2 Å². The molecule has 11 heteroatoms. The van der Waals surface area contributed by atoms with E-state index < -0.39 is 23.2 Å². The molecule has 2 heterocycles. The largest absolute Gasteiger partial charge is 0.487 e. The number of oxime groups is 1. The van der Waals surface area contributed by atoms with Crippen molar-refractivity contribution in [1.29, 1.82) is 0 Å². The molecule has 0 unspecified atom stereocenters. The van der Waals surface area contributed by atoms with Gasteiger partial charge >= 0.3 is 6.18 Å². The van der Waals surface area contributed by atoms with Crippen molar-refractivity contribution in [1.82, 2.24) is 4.57 Å². The summed E-state index contributed by atoms with van der Waals surface area (Å²) < 4.78 is 53.8. The minimum Gasteiger partial charge on any atom is -0.487 e. The van der Waals surface area contributed by atoms with Gasteiger partial charge < -0.3 is 18.9 Å². The van der Waals surface area contributed by atoms with Gasteiger partial charge in [-0.1, -0.05) is 25.9 Å². The van der Waals surface area contributed by atoms with E-state index in [2.05, 4.69) is 10.1 Å². The van der Waals surface area contributed by atoms with Crippen molar-refractivity contribution in [2.75, 3.05) is 13.2 Å². The number of rotatable bonds is 7. The number of carbonyl (C=O) groups is 1. The summed E-state index contributed by atoms with van der Waals surface area (Å²) in [6.07, 6.45) is -0.838. The number of thiazole rings is 1. The highest BCUT2D eigenvalue weighted by Crippen LogP contribution is 2.33. The first-order valence-electron chi connectivity index (χ1n) is 12.5. The van der Waals surface area contributed by atoms with Crippen LogP contribution in [0.15, 0.2) is 34.5 Å². The number of halogens is 3. The molecule has 0 saturated carbocycles. The quantitative estimate of drug-likeness (QED) is 0.295. The zero-order valence-corrected chi connectivity index (χ0v) is 23.8. The second-order valence-electron chi connectivity index (χ2n) is 11.4. The third kappa shape index (κ3) is 8.42. The molecule has 1 aromatic carbocycles. The number of ether oxygens (including phenoxy) is 2. The maximum atomic E-state index is 13.5. The van der Waals surface area contributed by atoms with Crippen LogP contribution >= 0.6 is 11.3 Å². The van der Waals surface area contributed by atoms with Crippen LogP contribution in [0.5, 0.6) is 5.75 Å². The van der Waals surface area contributed by atoms with Crippen molar-refractivity contribution in [3.05, 3.63) is 45.2 Å². The molecule has 1 atom stereocenters. The molecule has 1 fully saturated rings. The van der Waals surface area contributed by atoms with Crippen LogP contribution in [-0.2, 0) is 27.7 Å². The molecule has 1 amide bonds. The van der Waals surface area contributed by atoms with Crippen LogP contribution in [0.2, 0.25) is 0 Å². The Balaban J connectivity index is 1.99. The minimum absolute atomic E-state index is 0.00324. The van der Waals surface area contributed by atoms with Crippen LogP contribution in [0.1, 0.15) is 82.1 Å². The zero-order valence-electron chi connectivity index (χ0n) is 22.9. The molecule has 0 radical (unpaired) electrons. The van der Waals surface area contributed by atoms with Crippen molar-refractivity contribution >= 4 is 23.0 Å². The molecular formula is C27H36F3N3O4S. The maximum Gasteiger partial charge on any atom is 0.416 e. The number of carbonyl (C=O) groups excluding carboxylic acids is 1. The van der Waals surface area contributed by atoms with Gasteiger partial charge in [0.05, 0.1) is 29.5 Å². The lowest BCUT2D eigenvalue weighted by Gasteiger charge is -2.16. The summed E-state index contributed by atoms with van der Waals surface area (Å²) in [4.78, 5) is 24.4. The maximum absolute atomic E-state index is 13.5. The first-order chi connectivity index (χ1) is 17.5. The Morgan fingerprint density at radius 2 is 1.89 bits per heavy atom. The molecule has 7 nitrogen and oxygen atoms in total. The Bertz CT molecular complexity index is 1230. The monoisotopic (exact) mass is 555 g/mol. The van der Waals surface area contributed by atoms with Gasteiger partial charge in [0.15, 0.2) is 4.80 Å². The smallest absolute Gasteiger partial charge is 0.416 e. The minimum atomic E-state index is -4.63. The molecule has 0 N–H and O–H groups in total. The lowest BCUT2D eigenvalue weighted by molar-refractivity contribution is -0.137. The fourth-order valence-corrected chi connectivity index (χ4v) is 4.58. The van der Waals surface area contributed by atoms with Gasteiger partial charge in [-0.25, -0.2) is 0 Å². The molecule has 1 saturated heterocycles.